The Kier molecular flexibility index (Phi) is 4.72. The number of ether oxygens (including phenoxy) is 1. The van der Waals surface area contributed by atoms with E-state index in [4.69, 9.17) is 4.74 Å². The number of ketones is 1. The van der Waals surface area contributed by atoms with E-state index in [2.05, 4.69) is 38.5 Å². The first kappa shape index (κ1) is 12.6. The summed E-state index contributed by atoms with van der Waals surface area (Å²) in [6.45, 7) is 0. The second-order valence-electron chi connectivity index (χ2n) is 2.75. The predicted octanol–water partition coefficient (Wildman–Crippen LogP) is 2.69. The molecule has 0 N–H and O–H groups in total. The van der Waals surface area contributed by atoms with Crippen LogP contribution in [0, 0.1) is 3.57 Å². The molecule has 5 heteroatoms. The van der Waals surface area contributed by atoms with Gasteiger partial charge in [0.2, 0.25) is 0 Å². The van der Waals surface area contributed by atoms with Crippen molar-refractivity contribution in [2.24, 2.45) is 0 Å². The molecule has 80 valence electrons. The van der Waals surface area contributed by atoms with Crippen LogP contribution in [0.15, 0.2) is 12.1 Å². The number of halogens is 2. The maximum atomic E-state index is 11.6. The molecule has 0 aromatic heterocycles. The first-order valence-corrected chi connectivity index (χ1v) is 6.26. The maximum Gasteiger partial charge on any atom is 0.177 e. The molecule has 0 fully saturated rings. The number of hydrogen-bond donors (Lipinski definition) is 0. The number of rotatable bonds is 4. The molecule has 0 aliphatic rings. The van der Waals surface area contributed by atoms with Crippen molar-refractivity contribution in [3.05, 3.63) is 26.8 Å². The highest BCUT2D eigenvalue weighted by Gasteiger charge is 2.15. The predicted molar refractivity (Wildman–Crippen MR) is 69.2 cm³/mol. The van der Waals surface area contributed by atoms with E-state index >= 15 is 0 Å². The van der Waals surface area contributed by atoms with Crippen molar-refractivity contribution in [2.75, 3.05) is 12.4 Å². The van der Waals surface area contributed by atoms with Crippen molar-refractivity contribution < 1.29 is 14.3 Å². The zero-order chi connectivity index (χ0) is 11.4. The molecule has 0 aliphatic heterocycles. The highest BCUT2D eigenvalue weighted by Crippen LogP contribution is 2.26. The van der Waals surface area contributed by atoms with Gasteiger partial charge in [-0.2, -0.15) is 0 Å². The molecule has 1 aromatic rings. The lowest BCUT2D eigenvalue weighted by atomic mass is 10.1. The van der Waals surface area contributed by atoms with Crippen LogP contribution in [0.5, 0.6) is 5.75 Å². The van der Waals surface area contributed by atoms with Gasteiger partial charge in [0.15, 0.2) is 12.1 Å². The standard InChI is InChI=1S/C10H8BrIO3/c1-15-10-6(5-13)2-7(12)3-8(10)9(14)4-11/h2-3,5H,4H2,1H3. The fraction of sp³-hybridized carbons (Fsp3) is 0.200. The quantitative estimate of drug-likeness (QED) is 0.348. The normalized spacial score (nSPS) is 9.80. The van der Waals surface area contributed by atoms with Gasteiger partial charge in [0.25, 0.3) is 0 Å². The number of alkyl halides is 1. The van der Waals surface area contributed by atoms with E-state index in [0.717, 1.165) is 3.57 Å². The van der Waals surface area contributed by atoms with Gasteiger partial charge >= 0.3 is 0 Å². The minimum atomic E-state index is -0.103. The van der Waals surface area contributed by atoms with Crippen molar-refractivity contribution in [3.8, 4) is 5.75 Å². The lowest BCUT2D eigenvalue weighted by Crippen LogP contribution is -2.06. The topological polar surface area (TPSA) is 43.4 Å². The van der Waals surface area contributed by atoms with Gasteiger partial charge in [0.05, 0.1) is 23.6 Å². The van der Waals surface area contributed by atoms with Crippen LogP contribution in [0.25, 0.3) is 0 Å². The van der Waals surface area contributed by atoms with E-state index < -0.39 is 0 Å². The number of hydrogen-bond acceptors (Lipinski definition) is 3. The third kappa shape index (κ3) is 2.78. The summed E-state index contributed by atoms with van der Waals surface area (Å²) >= 11 is 5.15. The molecule has 3 nitrogen and oxygen atoms in total. The zero-order valence-electron chi connectivity index (χ0n) is 7.92. The second-order valence-corrected chi connectivity index (χ2v) is 4.56. The molecular formula is C10H8BrIO3. The van der Waals surface area contributed by atoms with Crippen LogP contribution in [0.1, 0.15) is 20.7 Å². The third-order valence-corrected chi connectivity index (χ3v) is 2.97. The van der Waals surface area contributed by atoms with E-state index in [-0.39, 0.29) is 11.1 Å². The lowest BCUT2D eigenvalue weighted by Gasteiger charge is -2.09. The van der Waals surface area contributed by atoms with Crippen molar-refractivity contribution in [1.29, 1.82) is 0 Å². The summed E-state index contributed by atoms with van der Waals surface area (Å²) in [6, 6.07) is 3.38. The van der Waals surface area contributed by atoms with E-state index in [1.165, 1.54) is 7.11 Å². The summed E-state index contributed by atoms with van der Waals surface area (Å²) in [7, 11) is 1.44. The van der Waals surface area contributed by atoms with Crippen molar-refractivity contribution >= 4 is 50.6 Å². The summed E-state index contributed by atoms with van der Waals surface area (Å²) in [5.74, 6) is 0.239. The highest BCUT2D eigenvalue weighted by atomic mass is 127. The van der Waals surface area contributed by atoms with Gasteiger partial charge in [0.1, 0.15) is 5.75 Å². The summed E-state index contributed by atoms with van der Waals surface area (Å²) < 4.78 is 5.90. The Morgan fingerprint density at radius 3 is 2.73 bits per heavy atom. The van der Waals surface area contributed by atoms with Crippen molar-refractivity contribution in [3.63, 3.8) is 0 Å². The Bertz CT molecular complexity index is 404. The largest absolute Gasteiger partial charge is 0.495 e. The van der Waals surface area contributed by atoms with Crippen LogP contribution in [0.3, 0.4) is 0 Å². The third-order valence-electron chi connectivity index (χ3n) is 1.84. The molecular weight excluding hydrogens is 375 g/mol. The van der Waals surface area contributed by atoms with E-state index in [9.17, 15) is 9.59 Å². The SMILES string of the molecule is COc1c(C=O)cc(I)cc1C(=O)CBr. The number of Topliss-reactive ketones (excluding diaryl/α,β-unsaturated/α-hetero) is 1. The van der Waals surface area contributed by atoms with Crippen molar-refractivity contribution in [2.45, 2.75) is 0 Å². The van der Waals surface area contributed by atoms with Crippen LogP contribution in [-0.2, 0) is 0 Å². The Balaban J connectivity index is 3.41. The Hall–Kier alpha value is -0.430. The Morgan fingerprint density at radius 2 is 2.27 bits per heavy atom. The van der Waals surface area contributed by atoms with E-state index in [1.807, 2.05) is 0 Å². The number of benzene rings is 1. The summed E-state index contributed by atoms with van der Waals surface area (Å²) in [5, 5.41) is 0.210. The molecule has 0 saturated heterocycles. The van der Waals surface area contributed by atoms with Crippen LogP contribution >= 0.6 is 38.5 Å². The number of carbonyl (C=O) groups is 2. The Morgan fingerprint density at radius 1 is 1.60 bits per heavy atom. The molecule has 0 unspecified atom stereocenters. The Labute approximate surface area is 109 Å². The molecule has 0 amide bonds. The molecule has 0 spiro atoms. The fourth-order valence-electron chi connectivity index (χ4n) is 1.21. The van der Waals surface area contributed by atoms with Crippen LogP contribution in [-0.4, -0.2) is 24.5 Å². The minimum Gasteiger partial charge on any atom is -0.495 e. The molecule has 0 heterocycles. The van der Waals surface area contributed by atoms with Crippen LogP contribution in [0.2, 0.25) is 0 Å². The van der Waals surface area contributed by atoms with Gasteiger partial charge in [0, 0.05) is 3.57 Å². The molecule has 1 rings (SSSR count). The summed E-state index contributed by atoms with van der Waals surface area (Å²) in [6.07, 6.45) is 0.687. The lowest BCUT2D eigenvalue weighted by molar-refractivity contribution is 0.102. The highest BCUT2D eigenvalue weighted by molar-refractivity contribution is 14.1. The monoisotopic (exact) mass is 382 g/mol. The molecule has 0 bridgehead atoms. The fourth-order valence-corrected chi connectivity index (χ4v) is 2.16. The molecule has 15 heavy (non-hydrogen) atoms. The first-order chi connectivity index (χ1) is 7.13. The van der Waals surface area contributed by atoms with E-state index in [0.29, 0.717) is 23.2 Å². The summed E-state index contributed by atoms with van der Waals surface area (Å²) in [5.41, 5.74) is 0.831. The summed E-state index contributed by atoms with van der Waals surface area (Å²) in [4.78, 5) is 22.4. The van der Waals surface area contributed by atoms with Gasteiger partial charge in [-0.1, -0.05) is 15.9 Å². The number of methoxy groups -OCH3 is 1. The van der Waals surface area contributed by atoms with E-state index in [1.54, 1.807) is 12.1 Å². The number of carbonyl (C=O) groups excluding carboxylic acids is 2. The molecule has 0 atom stereocenters. The maximum absolute atomic E-state index is 11.6. The molecule has 1 aromatic carbocycles. The molecule has 0 saturated carbocycles. The van der Waals surface area contributed by atoms with Gasteiger partial charge in [-0.3, -0.25) is 9.59 Å². The second kappa shape index (κ2) is 5.60. The first-order valence-electron chi connectivity index (χ1n) is 4.06. The average molecular weight is 383 g/mol. The zero-order valence-corrected chi connectivity index (χ0v) is 11.7. The van der Waals surface area contributed by atoms with Crippen molar-refractivity contribution in [1.82, 2.24) is 0 Å². The number of aldehydes is 1. The molecule has 0 radical (unpaired) electrons. The van der Waals surface area contributed by atoms with Gasteiger partial charge in [-0.05, 0) is 34.7 Å². The van der Waals surface area contributed by atoms with Crippen LogP contribution < -0.4 is 4.74 Å². The molecule has 0 aliphatic carbocycles. The van der Waals surface area contributed by atoms with Gasteiger partial charge in [-0.15, -0.1) is 0 Å². The average Bonchev–Trinajstić information content (AvgIpc) is 2.26. The van der Waals surface area contributed by atoms with Gasteiger partial charge < -0.3 is 4.74 Å². The van der Waals surface area contributed by atoms with Crippen LogP contribution in [0.4, 0.5) is 0 Å². The van der Waals surface area contributed by atoms with Gasteiger partial charge in [-0.25, -0.2) is 0 Å². The smallest absolute Gasteiger partial charge is 0.177 e. The minimum absolute atomic E-state index is 0.103.